The summed E-state index contributed by atoms with van der Waals surface area (Å²) in [7, 11) is 1.93. The maximum atomic E-state index is 13.2. The van der Waals surface area contributed by atoms with E-state index < -0.39 is 0 Å². The van der Waals surface area contributed by atoms with E-state index in [1.54, 1.807) is 18.3 Å². The molecule has 1 N–H and O–H groups in total. The van der Waals surface area contributed by atoms with Crippen molar-refractivity contribution in [2.24, 2.45) is 7.05 Å². The second kappa shape index (κ2) is 9.28. The van der Waals surface area contributed by atoms with Crippen LogP contribution in [0.5, 0.6) is 0 Å². The first-order chi connectivity index (χ1) is 16.5. The number of anilines is 1. The van der Waals surface area contributed by atoms with Crippen LogP contribution in [0, 0.1) is 12.7 Å². The molecule has 5 rings (SSSR count). The molecule has 0 saturated heterocycles. The number of rotatable bonds is 6. The quantitative estimate of drug-likeness (QED) is 0.320. The van der Waals surface area contributed by atoms with Crippen LogP contribution in [-0.2, 0) is 13.5 Å². The van der Waals surface area contributed by atoms with Gasteiger partial charge in [0, 0.05) is 31.4 Å². The van der Waals surface area contributed by atoms with Crippen molar-refractivity contribution in [2.45, 2.75) is 13.3 Å². The van der Waals surface area contributed by atoms with Crippen molar-refractivity contribution in [3.8, 4) is 22.0 Å². The number of carbonyl (C=O) groups excluding carboxylic acids is 1. The lowest BCUT2D eigenvalue weighted by Gasteiger charge is -2.02. The molecule has 3 aromatic heterocycles. The van der Waals surface area contributed by atoms with Gasteiger partial charge in [0.1, 0.15) is 10.7 Å². The summed E-state index contributed by atoms with van der Waals surface area (Å²) in [4.78, 5) is 28.3. The molecule has 1 amide bonds. The van der Waals surface area contributed by atoms with Gasteiger partial charge < -0.3 is 4.57 Å². The number of aromatic nitrogens is 4. The highest BCUT2D eigenvalue weighted by Gasteiger charge is 2.21. The molecule has 0 atom stereocenters. The third-order valence-corrected chi connectivity index (χ3v) is 7.36. The fourth-order valence-corrected chi connectivity index (χ4v) is 5.59. The lowest BCUT2D eigenvalue weighted by molar-refractivity contribution is 0.103. The summed E-state index contributed by atoms with van der Waals surface area (Å²) >= 11 is 2.73. The molecule has 0 fully saturated rings. The predicted octanol–water partition coefficient (Wildman–Crippen LogP) is 5.96. The Hall–Kier alpha value is -3.69. The zero-order valence-corrected chi connectivity index (χ0v) is 20.1. The molecule has 9 heteroatoms. The Bertz CT molecular complexity index is 1450. The SMILES string of the molecule is Cc1nc(Cc2ccc(F)cc2)sc1C(=O)Nc1nc(-c2ccccc2)c(-c2nccn2C)s1. The minimum Gasteiger partial charge on any atom is -0.333 e. The van der Waals surface area contributed by atoms with Crippen molar-refractivity contribution in [3.63, 3.8) is 0 Å². The zero-order valence-electron chi connectivity index (χ0n) is 18.4. The normalized spacial score (nSPS) is 11.0. The number of nitrogens with one attached hydrogen (secondary N) is 1. The van der Waals surface area contributed by atoms with Crippen molar-refractivity contribution < 1.29 is 9.18 Å². The van der Waals surface area contributed by atoms with Crippen LogP contribution >= 0.6 is 22.7 Å². The minimum atomic E-state index is -0.276. The molecule has 170 valence electrons. The standard InChI is InChI=1S/C25H20FN5OS2/c1-15-21(33-19(28-15)14-16-8-10-18(26)11-9-16)24(32)30-25-29-20(17-6-4-3-5-7-17)22(34-25)23-27-12-13-31(23)2/h3-13H,14H2,1-2H3,(H,29,30,32). The number of nitrogens with zero attached hydrogens (tertiary/aromatic N) is 4. The Labute approximate surface area is 203 Å². The molecule has 3 heterocycles. The number of aryl methyl sites for hydroxylation is 2. The van der Waals surface area contributed by atoms with E-state index in [1.165, 1.54) is 34.8 Å². The highest BCUT2D eigenvalue weighted by atomic mass is 32.1. The molecule has 0 radical (unpaired) electrons. The summed E-state index contributed by atoms with van der Waals surface area (Å²) in [5.41, 5.74) is 3.32. The van der Waals surface area contributed by atoms with Gasteiger partial charge in [-0.25, -0.2) is 19.3 Å². The third-order valence-electron chi connectivity index (χ3n) is 5.23. The van der Waals surface area contributed by atoms with E-state index >= 15 is 0 Å². The number of halogens is 1. The predicted molar refractivity (Wildman–Crippen MR) is 134 cm³/mol. The Balaban J connectivity index is 1.42. The van der Waals surface area contributed by atoms with Gasteiger partial charge in [0.25, 0.3) is 5.91 Å². The molecule has 0 saturated carbocycles. The van der Waals surface area contributed by atoms with E-state index in [-0.39, 0.29) is 11.7 Å². The summed E-state index contributed by atoms with van der Waals surface area (Å²) in [6.45, 7) is 1.82. The second-order valence-electron chi connectivity index (χ2n) is 7.70. The van der Waals surface area contributed by atoms with Crippen LogP contribution in [-0.4, -0.2) is 25.4 Å². The topological polar surface area (TPSA) is 72.7 Å². The van der Waals surface area contributed by atoms with E-state index in [0.29, 0.717) is 22.1 Å². The first-order valence-corrected chi connectivity index (χ1v) is 12.2. The summed E-state index contributed by atoms with van der Waals surface area (Å²) < 4.78 is 15.1. The van der Waals surface area contributed by atoms with Gasteiger partial charge in [-0.3, -0.25) is 10.1 Å². The smallest absolute Gasteiger partial charge is 0.269 e. The maximum absolute atomic E-state index is 13.2. The maximum Gasteiger partial charge on any atom is 0.269 e. The van der Waals surface area contributed by atoms with E-state index in [1.807, 2.05) is 55.1 Å². The largest absolute Gasteiger partial charge is 0.333 e. The molecule has 0 bridgehead atoms. The van der Waals surface area contributed by atoms with Crippen molar-refractivity contribution >= 4 is 33.7 Å². The van der Waals surface area contributed by atoms with Crippen LogP contribution in [0.25, 0.3) is 22.0 Å². The van der Waals surface area contributed by atoms with Crippen molar-refractivity contribution in [2.75, 3.05) is 5.32 Å². The Morgan fingerprint density at radius 2 is 1.82 bits per heavy atom. The average molecular weight is 490 g/mol. The molecule has 0 aliphatic rings. The summed E-state index contributed by atoms with van der Waals surface area (Å²) in [6.07, 6.45) is 4.16. The van der Waals surface area contributed by atoms with E-state index in [2.05, 4.69) is 15.3 Å². The minimum absolute atomic E-state index is 0.250. The molecule has 0 unspecified atom stereocenters. The lowest BCUT2D eigenvalue weighted by atomic mass is 10.1. The molecule has 0 spiro atoms. The Morgan fingerprint density at radius 1 is 1.06 bits per heavy atom. The number of thiazole rings is 2. The van der Waals surface area contributed by atoms with Crippen LogP contribution in [0.3, 0.4) is 0 Å². The van der Waals surface area contributed by atoms with Gasteiger partial charge in [-0.2, -0.15) is 0 Å². The van der Waals surface area contributed by atoms with Gasteiger partial charge in [-0.05, 0) is 24.6 Å². The number of hydrogen-bond acceptors (Lipinski definition) is 6. The fraction of sp³-hybridized carbons (Fsp3) is 0.120. The summed E-state index contributed by atoms with van der Waals surface area (Å²) in [6, 6.07) is 16.2. The van der Waals surface area contributed by atoms with E-state index in [9.17, 15) is 9.18 Å². The zero-order chi connectivity index (χ0) is 23.7. The monoisotopic (exact) mass is 489 g/mol. The van der Waals surface area contributed by atoms with Gasteiger partial charge >= 0.3 is 0 Å². The number of amides is 1. The Kier molecular flexibility index (Phi) is 6.04. The third kappa shape index (κ3) is 4.52. The molecule has 34 heavy (non-hydrogen) atoms. The van der Waals surface area contributed by atoms with Gasteiger partial charge in [0.2, 0.25) is 0 Å². The summed E-state index contributed by atoms with van der Waals surface area (Å²) in [5, 5.41) is 4.24. The van der Waals surface area contributed by atoms with E-state index in [4.69, 9.17) is 4.98 Å². The highest BCUT2D eigenvalue weighted by Crippen LogP contribution is 2.38. The number of benzene rings is 2. The average Bonchev–Trinajstić information content (AvgIpc) is 3.54. The number of imidazole rings is 1. The van der Waals surface area contributed by atoms with E-state index in [0.717, 1.165) is 32.5 Å². The van der Waals surface area contributed by atoms with Crippen LogP contribution in [0.2, 0.25) is 0 Å². The number of hydrogen-bond donors (Lipinski definition) is 1. The molecule has 6 nitrogen and oxygen atoms in total. The van der Waals surface area contributed by atoms with Crippen LogP contribution in [0.15, 0.2) is 67.0 Å². The van der Waals surface area contributed by atoms with Crippen molar-refractivity contribution in [3.05, 3.63) is 94.0 Å². The molecule has 0 aliphatic carbocycles. The first-order valence-electron chi connectivity index (χ1n) is 10.5. The first kappa shape index (κ1) is 22.1. The molecule has 2 aromatic carbocycles. The molecular weight excluding hydrogens is 469 g/mol. The van der Waals surface area contributed by atoms with Crippen molar-refractivity contribution in [1.29, 1.82) is 0 Å². The summed E-state index contributed by atoms with van der Waals surface area (Å²) in [5.74, 6) is 0.259. The molecule has 0 aliphatic heterocycles. The Morgan fingerprint density at radius 3 is 2.53 bits per heavy atom. The van der Waals surface area contributed by atoms with Crippen LogP contribution < -0.4 is 5.32 Å². The molecule has 5 aromatic rings. The number of carbonyl (C=O) groups is 1. The van der Waals surface area contributed by atoms with Crippen LogP contribution in [0.1, 0.15) is 25.9 Å². The van der Waals surface area contributed by atoms with Gasteiger partial charge in [0.15, 0.2) is 11.0 Å². The molecular formula is C25H20FN5OS2. The fourth-order valence-electron chi connectivity index (χ4n) is 3.57. The second-order valence-corrected chi connectivity index (χ2v) is 9.79. The highest BCUT2D eigenvalue weighted by molar-refractivity contribution is 7.19. The van der Waals surface area contributed by atoms with Gasteiger partial charge in [0.05, 0.1) is 21.3 Å². The van der Waals surface area contributed by atoms with Crippen molar-refractivity contribution in [1.82, 2.24) is 19.5 Å². The van der Waals surface area contributed by atoms with Crippen LogP contribution in [0.4, 0.5) is 9.52 Å². The lowest BCUT2D eigenvalue weighted by Crippen LogP contribution is -2.11. The van der Waals surface area contributed by atoms with Gasteiger partial charge in [-0.15, -0.1) is 11.3 Å². The van der Waals surface area contributed by atoms with Gasteiger partial charge in [-0.1, -0.05) is 53.8 Å².